The summed E-state index contributed by atoms with van der Waals surface area (Å²) in [6.45, 7) is 7.33. The van der Waals surface area contributed by atoms with Crippen LogP contribution in [0.4, 0.5) is 5.69 Å². The summed E-state index contributed by atoms with van der Waals surface area (Å²) in [4.78, 5) is 14.1. The maximum atomic E-state index is 11.9. The molecule has 0 aliphatic heterocycles. The molecule has 1 aromatic rings. The minimum absolute atomic E-state index is 0.219. The van der Waals surface area contributed by atoms with Crippen molar-refractivity contribution in [3.63, 3.8) is 0 Å². The van der Waals surface area contributed by atoms with Crippen LogP contribution < -0.4 is 4.90 Å². The molecule has 0 radical (unpaired) electrons. The lowest BCUT2D eigenvalue weighted by atomic mass is 10.0. The van der Waals surface area contributed by atoms with Gasteiger partial charge in [0.2, 0.25) is 0 Å². The van der Waals surface area contributed by atoms with Gasteiger partial charge in [0.25, 0.3) is 0 Å². The minimum Gasteiger partial charge on any atom is -0.374 e. The van der Waals surface area contributed by atoms with Gasteiger partial charge in [0, 0.05) is 31.3 Å². The maximum Gasteiger partial charge on any atom is 0.164 e. The number of para-hydroxylation sites is 1. The van der Waals surface area contributed by atoms with Gasteiger partial charge in [0.1, 0.15) is 0 Å². The molecule has 1 aromatic carbocycles. The number of hydrogen-bond donors (Lipinski definition) is 0. The Kier molecular flexibility index (Phi) is 5.20. The number of rotatable bonds is 6. The molecule has 0 fully saturated rings. The third-order valence-corrected chi connectivity index (χ3v) is 3.22. The van der Waals surface area contributed by atoms with Crippen molar-refractivity contribution in [2.75, 3.05) is 18.5 Å². The van der Waals surface area contributed by atoms with Crippen molar-refractivity contribution in [1.29, 1.82) is 0 Å². The van der Waals surface area contributed by atoms with Crippen LogP contribution in [-0.2, 0) is 0 Å². The molecular formula is C15H23NO. The van der Waals surface area contributed by atoms with Crippen molar-refractivity contribution >= 4 is 11.5 Å². The molecule has 17 heavy (non-hydrogen) atoms. The van der Waals surface area contributed by atoms with Gasteiger partial charge in [-0.05, 0) is 18.1 Å². The van der Waals surface area contributed by atoms with E-state index in [0.717, 1.165) is 24.2 Å². The fraction of sp³-hybridized carbons (Fsp3) is 0.533. The third kappa shape index (κ3) is 3.58. The lowest BCUT2D eigenvalue weighted by Crippen LogP contribution is -2.25. The van der Waals surface area contributed by atoms with E-state index in [0.29, 0.717) is 12.3 Å². The van der Waals surface area contributed by atoms with Gasteiger partial charge < -0.3 is 4.90 Å². The first-order valence-corrected chi connectivity index (χ1v) is 6.43. The van der Waals surface area contributed by atoms with Crippen LogP contribution in [0.1, 0.15) is 44.0 Å². The summed E-state index contributed by atoms with van der Waals surface area (Å²) in [5.41, 5.74) is 1.90. The molecule has 0 amide bonds. The number of carbonyl (C=O) groups is 1. The zero-order valence-electron chi connectivity index (χ0n) is 11.4. The standard InChI is InChI=1S/C15H23NO/c1-5-12(3)11-16(4)14-10-8-7-9-13(14)15(17)6-2/h7-10,12H,5-6,11H2,1-4H3. The van der Waals surface area contributed by atoms with E-state index in [2.05, 4.69) is 25.8 Å². The number of carbonyl (C=O) groups excluding carboxylic acids is 1. The van der Waals surface area contributed by atoms with E-state index in [9.17, 15) is 4.79 Å². The lowest BCUT2D eigenvalue weighted by molar-refractivity contribution is 0.0988. The molecule has 2 nitrogen and oxygen atoms in total. The summed E-state index contributed by atoms with van der Waals surface area (Å²) in [6, 6.07) is 7.89. The van der Waals surface area contributed by atoms with Crippen LogP contribution >= 0.6 is 0 Å². The molecule has 0 saturated heterocycles. The minimum atomic E-state index is 0.219. The summed E-state index contributed by atoms with van der Waals surface area (Å²) in [6.07, 6.45) is 1.72. The summed E-state index contributed by atoms with van der Waals surface area (Å²) in [7, 11) is 2.06. The average Bonchev–Trinajstić information content (AvgIpc) is 2.37. The molecule has 1 unspecified atom stereocenters. The second-order valence-corrected chi connectivity index (χ2v) is 4.69. The van der Waals surface area contributed by atoms with Crippen LogP contribution in [0.5, 0.6) is 0 Å². The molecule has 0 N–H and O–H groups in total. The van der Waals surface area contributed by atoms with E-state index >= 15 is 0 Å². The molecule has 0 aliphatic carbocycles. The Morgan fingerprint density at radius 2 is 1.94 bits per heavy atom. The molecule has 2 heteroatoms. The fourth-order valence-electron chi connectivity index (χ4n) is 1.93. The molecule has 0 spiro atoms. The van der Waals surface area contributed by atoms with Crippen molar-refractivity contribution in [3.05, 3.63) is 29.8 Å². The van der Waals surface area contributed by atoms with Crippen molar-refractivity contribution in [1.82, 2.24) is 0 Å². The Labute approximate surface area is 105 Å². The van der Waals surface area contributed by atoms with Crippen molar-refractivity contribution in [2.45, 2.75) is 33.6 Å². The van der Waals surface area contributed by atoms with Crippen molar-refractivity contribution in [2.24, 2.45) is 5.92 Å². The van der Waals surface area contributed by atoms with Crippen molar-refractivity contribution < 1.29 is 4.79 Å². The Balaban J connectivity index is 2.92. The van der Waals surface area contributed by atoms with Crippen LogP contribution in [0.3, 0.4) is 0 Å². The zero-order chi connectivity index (χ0) is 12.8. The number of nitrogens with zero attached hydrogens (tertiary/aromatic N) is 1. The smallest absolute Gasteiger partial charge is 0.164 e. The first-order valence-electron chi connectivity index (χ1n) is 6.43. The van der Waals surface area contributed by atoms with E-state index in [1.165, 1.54) is 0 Å². The first kappa shape index (κ1) is 13.8. The predicted octanol–water partition coefficient (Wildman–Crippen LogP) is 3.76. The van der Waals surface area contributed by atoms with E-state index in [4.69, 9.17) is 0 Å². The fourth-order valence-corrected chi connectivity index (χ4v) is 1.93. The summed E-state index contributed by atoms with van der Waals surface area (Å²) < 4.78 is 0. The normalized spacial score (nSPS) is 12.2. The Bertz CT molecular complexity index is 373. The summed E-state index contributed by atoms with van der Waals surface area (Å²) >= 11 is 0. The van der Waals surface area contributed by atoms with Gasteiger partial charge in [-0.25, -0.2) is 0 Å². The van der Waals surface area contributed by atoms with Crippen LogP contribution in [0, 0.1) is 5.92 Å². The largest absolute Gasteiger partial charge is 0.374 e. The molecule has 0 heterocycles. The van der Waals surface area contributed by atoms with E-state index < -0.39 is 0 Å². The van der Waals surface area contributed by atoms with Crippen molar-refractivity contribution in [3.8, 4) is 0 Å². The highest BCUT2D eigenvalue weighted by Gasteiger charge is 2.13. The van der Waals surface area contributed by atoms with Gasteiger partial charge in [0.05, 0.1) is 0 Å². The number of ketones is 1. The number of hydrogen-bond acceptors (Lipinski definition) is 2. The van der Waals surface area contributed by atoms with E-state index in [-0.39, 0.29) is 5.78 Å². The summed E-state index contributed by atoms with van der Waals surface area (Å²) in [5, 5.41) is 0. The monoisotopic (exact) mass is 233 g/mol. The second-order valence-electron chi connectivity index (χ2n) is 4.69. The third-order valence-electron chi connectivity index (χ3n) is 3.22. The van der Waals surface area contributed by atoms with Gasteiger partial charge in [-0.2, -0.15) is 0 Å². The molecule has 0 aliphatic rings. The number of benzene rings is 1. The second kappa shape index (κ2) is 6.43. The van der Waals surface area contributed by atoms with Gasteiger partial charge in [-0.3, -0.25) is 4.79 Å². The van der Waals surface area contributed by atoms with E-state index in [1.807, 2.05) is 31.2 Å². The van der Waals surface area contributed by atoms with Crippen LogP contribution in [0.25, 0.3) is 0 Å². The van der Waals surface area contributed by atoms with Crippen LogP contribution in [0.15, 0.2) is 24.3 Å². The Morgan fingerprint density at radius 1 is 1.29 bits per heavy atom. The average molecular weight is 233 g/mol. The highest BCUT2D eigenvalue weighted by molar-refractivity contribution is 6.01. The molecule has 94 valence electrons. The molecule has 1 rings (SSSR count). The topological polar surface area (TPSA) is 20.3 Å². The SMILES string of the molecule is CCC(=O)c1ccccc1N(C)CC(C)CC. The number of anilines is 1. The molecular weight excluding hydrogens is 210 g/mol. The van der Waals surface area contributed by atoms with Gasteiger partial charge in [-0.1, -0.05) is 39.3 Å². The van der Waals surface area contributed by atoms with Gasteiger partial charge >= 0.3 is 0 Å². The van der Waals surface area contributed by atoms with Crippen LogP contribution in [0.2, 0.25) is 0 Å². The lowest BCUT2D eigenvalue weighted by Gasteiger charge is -2.24. The van der Waals surface area contributed by atoms with Gasteiger partial charge in [-0.15, -0.1) is 0 Å². The Hall–Kier alpha value is -1.31. The van der Waals surface area contributed by atoms with Gasteiger partial charge in [0.15, 0.2) is 5.78 Å². The van der Waals surface area contributed by atoms with E-state index in [1.54, 1.807) is 0 Å². The Morgan fingerprint density at radius 3 is 2.53 bits per heavy atom. The quantitative estimate of drug-likeness (QED) is 0.697. The molecule has 0 saturated carbocycles. The maximum absolute atomic E-state index is 11.9. The summed E-state index contributed by atoms with van der Waals surface area (Å²) in [5.74, 6) is 0.862. The highest BCUT2D eigenvalue weighted by Crippen LogP contribution is 2.22. The predicted molar refractivity (Wildman–Crippen MR) is 73.8 cm³/mol. The molecule has 0 aromatic heterocycles. The molecule has 0 bridgehead atoms. The number of Topliss-reactive ketones (excluding diaryl/α,β-unsaturated/α-hetero) is 1. The van der Waals surface area contributed by atoms with Crippen LogP contribution in [-0.4, -0.2) is 19.4 Å². The molecule has 1 atom stereocenters. The zero-order valence-corrected chi connectivity index (χ0v) is 11.4. The highest BCUT2D eigenvalue weighted by atomic mass is 16.1. The first-order chi connectivity index (χ1) is 8.10.